The zero-order chi connectivity index (χ0) is 8.53. The normalized spacial score (nSPS) is 11.9. The van der Waals surface area contributed by atoms with Gasteiger partial charge in [-0.1, -0.05) is 18.5 Å². The molecule has 0 amide bonds. The summed E-state index contributed by atoms with van der Waals surface area (Å²) < 4.78 is 5.17. The molecule has 0 rings (SSSR count). The molecular formula is C7H16N2O2. The first-order chi connectivity index (χ1) is 5.31. The molecule has 0 aromatic rings. The Balaban J connectivity index is 3.02. The molecule has 0 aromatic carbocycles. The summed E-state index contributed by atoms with van der Waals surface area (Å²) in [5.74, 6) is 0.224. The van der Waals surface area contributed by atoms with Gasteiger partial charge >= 0.3 is 0 Å². The first-order valence-corrected chi connectivity index (χ1v) is 3.85. The van der Waals surface area contributed by atoms with Crippen LogP contribution in [0.3, 0.4) is 0 Å². The van der Waals surface area contributed by atoms with E-state index in [4.69, 9.17) is 15.7 Å². The van der Waals surface area contributed by atoms with Crippen molar-refractivity contribution < 1.29 is 9.94 Å². The van der Waals surface area contributed by atoms with E-state index < -0.39 is 0 Å². The summed E-state index contributed by atoms with van der Waals surface area (Å²) in [6.45, 7) is 3.40. The molecule has 0 saturated heterocycles. The molecule has 0 atom stereocenters. The first-order valence-electron chi connectivity index (χ1n) is 3.85. The highest BCUT2D eigenvalue weighted by molar-refractivity contribution is 5.79. The van der Waals surface area contributed by atoms with E-state index in [1.807, 2.05) is 0 Å². The van der Waals surface area contributed by atoms with Gasteiger partial charge in [-0.3, -0.25) is 0 Å². The van der Waals surface area contributed by atoms with Crippen LogP contribution in [0.4, 0.5) is 0 Å². The van der Waals surface area contributed by atoms with Crippen molar-refractivity contribution in [2.45, 2.75) is 26.2 Å². The third-order valence-corrected chi connectivity index (χ3v) is 1.27. The van der Waals surface area contributed by atoms with E-state index in [1.165, 1.54) is 0 Å². The average Bonchev–Trinajstić information content (AvgIpc) is 2.04. The van der Waals surface area contributed by atoms with Crippen molar-refractivity contribution in [1.82, 2.24) is 0 Å². The number of unbranched alkanes of at least 4 members (excludes halogenated alkanes) is 1. The molecule has 0 saturated carbocycles. The van der Waals surface area contributed by atoms with E-state index >= 15 is 0 Å². The molecule has 0 radical (unpaired) electrons. The Labute approximate surface area is 67.0 Å². The van der Waals surface area contributed by atoms with Crippen LogP contribution in [-0.4, -0.2) is 24.3 Å². The van der Waals surface area contributed by atoms with Crippen LogP contribution in [0.1, 0.15) is 26.2 Å². The SMILES string of the molecule is CCCCOCC/C(N)=N/O. The maximum Gasteiger partial charge on any atom is 0.141 e. The van der Waals surface area contributed by atoms with Gasteiger partial charge in [0.05, 0.1) is 6.61 Å². The largest absolute Gasteiger partial charge is 0.409 e. The number of ether oxygens (including phenoxy) is 1. The number of rotatable bonds is 6. The third kappa shape index (κ3) is 7.12. The molecule has 4 heteroatoms. The number of nitrogens with two attached hydrogens (primary N) is 1. The lowest BCUT2D eigenvalue weighted by Crippen LogP contribution is -2.14. The second-order valence-corrected chi connectivity index (χ2v) is 2.31. The van der Waals surface area contributed by atoms with E-state index in [0.717, 1.165) is 19.4 Å². The molecule has 0 aliphatic heterocycles. The van der Waals surface area contributed by atoms with Gasteiger partial charge < -0.3 is 15.7 Å². The number of nitrogens with zero attached hydrogens (tertiary/aromatic N) is 1. The Morgan fingerprint density at radius 3 is 2.82 bits per heavy atom. The molecule has 0 aliphatic carbocycles. The minimum absolute atomic E-state index is 0.224. The predicted octanol–water partition coefficient (Wildman–Crippen LogP) is 0.940. The highest BCUT2D eigenvalue weighted by atomic mass is 16.5. The van der Waals surface area contributed by atoms with Gasteiger partial charge in [0.15, 0.2) is 0 Å². The van der Waals surface area contributed by atoms with Crippen molar-refractivity contribution in [3.05, 3.63) is 0 Å². The molecule has 0 bridgehead atoms. The minimum Gasteiger partial charge on any atom is -0.409 e. The van der Waals surface area contributed by atoms with Gasteiger partial charge in [-0.2, -0.15) is 0 Å². The molecular weight excluding hydrogens is 144 g/mol. The van der Waals surface area contributed by atoms with E-state index in [2.05, 4.69) is 12.1 Å². The highest BCUT2D eigenvalue weighted by Gasteiger charge is 1.92. The average molecular weight is 160 g/mol. The predicted molar refractivity (Wildman–Crippen MR) is 43.8 cm³/mol. The van der Waals surface area contributed by atoms with Gasteiger partial charge in [-0.15, -0.1) is 0 Å². The Morgan fingerprint density at radius 2 is 2.27 bits per heavy atom. The smallest absolute Gasteiger partial charge is 0.141 e. The second-order valence-electron chi connectivity index (χ2n) is 2.31. The van der Waals surface area contributed by atoms with Gasteiger partial charge in [0, 0.05) is 13.0 Å². The molecule has 0 fully saturated rings. The van der Waals surface area contributed by atoms with Crippen LogP contribution in [-0.2, 0) is 4.74 Å². The zero-order valence-corrected chi connectivity index (χ0v) is 6.92. The van der Waals surface area contributed by atoms with Crippen molar-refractivity contribution in [3.63, 3.8) is 0 Å². The van der Waals surface area contributed by atoms with E-state index in [9.17, 15) is 0 Å². The zero-order valence-electron chi connectivity index (χ0n) is 6.92. The maximum absolute atomic E-state index is 8.14. The molecule has 3 N–H and O–H groups in total. The maximum atomic E-state index is 8.14. The number of oxime groups is 1. The highest BCUT2D eigenvalue weighted by Crippen LogP contribution is 1.89. The topological polar surface area (TPSA) is 67.8 Å². The summed E-state index contributed by atoms with van der Waals surface area (Å²) >= 11 is 0. The van der Waals surface area contributed by atoms with E-state index in [1.54, 1.807) is 0 Å². The lowest BCUT2D eigenvalue weighted by atomic mass is 10.3. The number of hydrogen-bond donors (Lipinski definition) is 2. The Bertz CT molecular complexity index is 115. The van der Waals surface area contributed by atoms with Crippen molar-refractivity contribution in [1.29, 1.82) is 0 Å². The van der Waals surface area contributed by atoms with Crippen molar-refractivity contribution in [2.75, 3.05) is 13.2 Å². The van der Waals surface area contributed by atoms with E-state index in [0.29, 0.717) is 13.0 Å². The van der Waals surface area contributed by atoms with Crippen LogP contribution in [0.25, 0.3) is 0 Å². The van der Waals surface area contributed by atoms with Crippen LogP contribution < -0.4 is 5.73 Å². The summed E-state index contributed by atoms with van der Waals surface area (Å²) in [4.78, 5) is 0. The van der Waals surface area contributed by atoms with Crippen LogP contribution in [0.2, 0.25) is 0 Å². The van der Waals surface area contributed by atoms with Crippen molar-refractivity contribution in [2.24, 2.45) is 10.9 Å². The molecule has 0 aromatic heterocycles. The molecule has 0 unspecified atom stereocenters. The lowest BCUT2D eigenvalue weighted by molar-refractivity contribution is 0.137. The quantitative estimate of drug-likeness (QED) is 0.200. The first kappa shape index (κ1) is 10.2. The molecule has 0 spiro atoms. The van der Waals surface area contributed by atoms with Crippen LogP contribution in [0.5, 0.6) is 0 Å². The monoisotopic (exact) mass is 160 g/mol. The summed E-state index contributed by atoms with van der Waals surface area (Å²) in [6, 6.07) is 0. The van der Waals surface area contributed by atoms with E-state index in [-0.39, 0.29) is 5.84 Å². The number of amidine groups is 1. The van der Waals surface area contributed by atoms with Crippen LogP contribution in [0.15, 0.2) is 5.16 Å². The Kier molecular flexibility index (Phi) is 6.82. The molecule has 0 heterocycles. The summed E-state index contributed by atoms with van der Waals surface area (Å²) in [7, 11) is 0. The van der Waals surface area contributed by atoms with Gasteiger partial charge in [-0.05, 0) is 6.42 Å². The Hall–Kier alpha value is -0.770. The fourth-order valence-electron chi connectivity index (χ4n) is 0.575. The van der Waals surface area contributed by atoms with Crippen LogP contribution >= 0.6 is 0 Å². The Morgan fingerprint density at radius 1 is 1.55 bits per heavy atom. The standard InChI is InChI=1S/C7H16N2O2/c1-2-3-5-11-6-4-7(8)9-10/h10H,2-6H2,1H3,(H2,8,9). The fourth-order valence-corrected chi connectivity index (χ4v) is 0.575. The molecule has 0 aliphatic rings. The van der Waals surface area contributed by atoms with Gasteiger partial charge in [0.2, 0.25) is 0 Å². The fraction of sp³-hybridized carbons (Fsp3) is 0.857. The van der Waals surface area contributed by atoms with Crippen molar-refractivity contribution >= 4 is 5.84 Å². The summed E-state index contributed by atoms with van der Waals surface area (Å²) in [6.07, 6.45) is 2.69. The molecule has 11 heavy (non-hydrogen) atoms. The lowest BCUT2D eigenvalue weighted by Gasteiger charge is -2.00. The van der Waals surface area contributed by atoms with Gasteiger partial charge in [0.1, 0.15) is 5.84 Å². The summed E-state index contributed by atoms with van der Waals surface area (Å²) in [5.41, 5.74) is 5.21. The van der Waals surface area contributed by atoms with Crippen LogP contribution in [0, 0.1) is 0 Å². The minimum atomic E-state index is 0.224. The number of hydrogen-bond acceptors (Lipinski definition) is 3. The summed E-state index contributed by atoms with van der Waals surface area (Å²) in [5, 5.41) is 11.0. The molecule has 66 valence electrons. The van der Waals surface area contributed by atoms with Crippen molar-refractivity contribution in [3.8, 4) is 0 Å². The van der Waals surface area contributed by atoms with Gasteiger partial charge in [0.25, 0.3) is 0 Å². The van der Waals surface area contributed by atoms with Gasteiger partial charge in [-0.25, -0.2) is 0 Å². The second kappa shape index (κ2) is 7.34. The third-order valence-electron chi connectivity index (χ3n) is 1.27. The molecule has 4 nitrogen and oxygen atoms in total.